The summed E-state index contributed by atoms with van der Waals surface area (Å²) in [5.74, 6) is -0.930. The van der Waals surface area contributed by atoms with Crippen molar-refractivity contribution in [3.63, 3.8) is 0 Å². The minimum atomic E-state index is -0.977. The number of rotatable bonds is 4. The van der Waals surface area contributed by atoms with Gasteiger partial charge >= 0.3 is 0 Å². The molecule has 0 bridgehead atoms. The van der Waals surface area contributed by atoms with E-state index < -0.39 is 17.3 Å². The minimum absolute atomic E-state index is 0.0548. The zero-order chi connectivity index (χ0) is 13.1. The van der Waals surface area contributed by atoms with Crippen molar-refractivity contribution in [1.29, 1.82) is 0 Å². The van der Waals surface area contributed by atoms with Gasteiger partial charge in [-0.3, -0.25) is 4.79 Å². The smallest absolute Gasteiger partial charge is 0.244 e. The van der Waals surface area contributed by atoms with E-state index >= 15 is 0 Å². The third-order valence-corrected chi connectivity index (χ3v) is 3.13. The van der Waals surface area contributed by atoms with Crippen LogP contribution in [0.2, 0.25) is 5.02 Å². The lowest BCUT2D eigenvalue weighted by Crippen LogP contribution is -2.50. The van der Waals surface area contributed by atoms with Crippen molar-refractivity contribution in [3.05, 3.63) is 29.0 Å². The van der Waals surface area contributed by atoms with Crippen LogP contribution in [0.25, 0.3) is 0 Å². The van der Waals surface area contributed by atoms with Crippen LogP contribution in [0.3, 0.4) is 0 Å². The second kappa shape index (κ2) is 5.47. The van der Waals surface area contributed by atoms with Crippen LogP contribution < -0.4 is 11.1 Å². The summed E-state index contributed by atoms with van der Waals surface area (Å²) < 4.78 is 13.4. The normalized spacial score (nSPS) is 11.4. The van der Waals surface area contributed by atoms with Crippen molar-refractivity contribution >= 4 is 23.2 Å². The Morgan fingerprint density at radius 2 is 2.06 bits per heavy atom. The van der Waals surface area contributed by atoms with Gasteiger partial charge in [0.2, 0.25) is 5.91 Å². The maximum Gasteiger partial charge on any atom is 0.244 e. The molecular weight excluding hydrogens is 243 g/mol. The molecule has 3 N–H and O–H groups in total. The Balaban J connectivity index is 2.91. The van der Waals surface area contributed by atoms with Gasteiger partial charge in [-0.1, -0.05) is 25.4 Å². The molecule has 1 amide bonds. The van der Waals surface area contributed by atoms with Crippen LogP contribution in [-0.2, 0) is 4.79 Å². The Hall–Kier alpha value is -1.13. The SMILES string of the molecule is CCC(N)(CC)C(=O)Nc1cc(Cl)ccc1F. The number of amides is 1. The molecule has 0 radical (unpaired) electrons. The Morgan fingerprint density at radius 3 is 2.59 bits per heavy atom. The predicted molar refractivity (Wildman–Crippen MR) is 67.5 cm³/mol. The van der Waals surface area contributed by atoms with Gasteiger partial charge in [0.1, 0.15) is 5.82 Å². The monoisotopic (exact) mass is 258 g/mol. The van der Waals surface area contributed by atoms with E-state index in [2.05, 4.69) is 5.32 Å². The molecule has 0 aliphatic rings. The summed E-state index contributed by atoms with van der Waals surface area (Å²) in [6.45, 7) is 3.63. The highest BCUT2D eigenvalue weighted by molar-refractivity contribution is 6.30. The number of hydrogen-bond donors (Lipinski definition) is 2. The van der Waals surface area contributed by atoms with E-state index in [1.54, 1.807) is 0 Å². The zero-order valence-electron chi connectivity index (χ0n) is 9.89. The van der Waals surface area contributed by atoms with Gasteiger partial charge in [0.05, 0.1) is 11.2 Å². The van der Waals surface area contributed by atoms with Gasteiger partial charge < -0.3 is 11.1 Å². The van der Waals surface area contributed by atoms with E-state index in [0.717, 1.165) is 0 Å². The van der Waals surface area contributed by atoms with E-state index in [1.165, 1.54) is 18.2 Å². The molecule has 1 aromatic carbocycles. The van der Waals surface area contributed by atoms with Crippen LogP contribution in [0.4, 0.5) is 10.1 Å². The van der Waals surface area contributed by atoms with Gasteiger partial charge in [-0.25, -0.2) is 4.39 Å². The van der Waals surface area contributed by atoms with Crippen LogP contribution >= 0.6 is 11.6 Å². The number of hydrogen-bond acceptors (Lipinski definition) is 2. The minimum Gasteiger partial charge on any atom is -0.322 e. The van der Waals surface area contributed by atoms with Crippen molar-refractivity contribution in [2.45, 2.75) is 32.2 Å². The Bertz CT molecular complexity index is 419. The number of benzene rings is 1. The zero-order valence-corrected chi connectivity index (χ0v) is 10.6. The van der Waals surface area contributed by atoms with Crippen molar-refractivity contribution in [1.82, 2.24) is 0 Å². The maximum absolute atomic E-state index is 13.4. The Kier molecular flexibility index (Phi) is 4.48. The quantitative estimate of drug-likeness (QED) is 0.872. The lowest BCUT2D eigenvalue weighted by molar-refractivity contribution is -0.121. The summed E-state index contributed by atoms with van der Waals surface area (Å²) >= 11 is 5.73. The van der Waals surface area contributed by atoms with Gasteiger partial charge in [-0.15, -0.1) is 0 Å². The highest BCUT2D eigenvalue weighted by Crippen LogP contribution is 2.21. The average molecular weight is 259 g/mol. The number of carbonyl (C=O) groups is 1. The third-order valence-electron chi connectivity index (χ3n) is 2.89. The van der Waals surface area contributed by atoms with Crippen molar-refractivity contribution in [3.8, 4) is 0 Å². The molecule has 0 aromatic heterocycles. The fraction of sp³-hybridized carbons (Fsp3) is 0.417. The third kappa shape index (κ3) is 3.17. The fourth-order valence-electron chi connectivity index (χ4n) is 1.41. The molecule has 0 atom stereocenters. The van der Waals surface area contributed by atoms with E-state index in [9.17, 15) is 9.18 Å². The molecule has 0 aliphatic carbocycles. The molecule has 0 aliphatic heterocycles. The standard InChI is InChI=1S/C12H16ClFN2O/c1-3-12(15,4-2)11(17)16-10-7-8(13)5-6-9(10)14/h5-7H,3-4,15H2,1-2H3,(H,16,17). The molecule has 3 nitrogen and oxygen atoms in total. The topological polar surface area (TPSA) is 55.1 Å². The van der Waals surface area contributed by atoms with Crippen molar-refractivity contribution in [2.24, 2.45) is 5.73 Å². The molecular formula is C12H16ClFN2O. The number of nitrogens with one attached hydrogen (secondary N) is 1. The summed E-state index contributed by atoms with van der Waals surface area (Å²) in [7, 11) is 0. The number of anilines is 1. The lowest BCUT2D eigenvalue weighted by Gasteiger charge is -2.25. The summed E-state index contributed by atoms with van der Waals surface area (Å²) in [5.41, 5.74) is 4.99. The molecule has 0 unspecified atom stereocenters. The van der Waals surface area contributed by atoms with Crippen LogP contribution in [0.1, 0.15) is 26.7 Å². The van der Waals surface area contributed by atoms with Crippen LogP contribution in [-0.4, -0.2) is 11.4 Å². The Labute approximate surface area is 105 Å². The van der Waals surface area contributed by atoms with E-state index in [0.29, 0.717) is 17.9 Å². The van der Waals surface area contributed by atoms with Gasteiger partial charge in [0.15, 0.2) is 0 Å². The molecule has 1 aromatic rings. The first-order valence-electron chi connectivity index (χ1n) is 5.48. The van der Waals surface area contributed by atoms with Crippen LogP contribution in [0.15, 0.2) is 18.2 Å². The molecule has 0 heterocycles. The van der Waals surface area contributed by atoms with Crippen molar-refractivity contribution < 1.29 is 9.18 Å². The van der Waals surface area contributed by atoms with Gasteiger partial charge in [-0.2, -0.15) is 0 Å². The highest BCUT2D eigenvalue weighted by Gasteiger charge is 2.30. The second-order valence-electron chi connectivity index (χ2n) is 3.94. The van der Waals surface area contributed by atoms with E-state index in [4.69, 9.17) is 17.3 Å². The number of carbonyl (C=O) groups excluding carboxylic acids is 1. The summed E-state index contributed by atoms with van der Waals surface area (Å²) in [6.07, 6.45) is 0.967. The van der Waals surface area contributed by atoms with Crippen LogP contribution in [0, 0.1) is 5.82 Å². The summed E-state index contributed by atoms with van der Waals surface area (Å²) in [6, 6.07) is 3.98. The number of halogens is 2. The van der Waals surface area contributed by atoms with E-state index in [-0.39, 0.29) is 5.69 Å². The molecule has 17 heavy (non-hydrogen) atoms. The first-order chi connectivity index (χ1) is 7.92. The lowest BCUT2D eigenvalue weighted by atomic mass is 9.93. The molecule has 0 spiro atoms. The van der Waals surface area contributed by atoms with Crippen molar-refractivity contribution in [2.75, 3.05) is 5.32 Å². The molecule has 0 fully saturated rings. The molecule has 0 saturated carbocycles. The Morgan fingerprint density at radius 1 is 1.47 bits per heavy atom. The summed E-state index contributed by atoms with van der Waals surface area (Å²) in [4.78, 5) is 11.9. The highest BCUT2D eigenvalue weighted by atomic mass is 35.5. The molecule has 1 rings (SSSR count). The largest absolute Gasteiger partial charge is 0.322 e. The second-order valence-corrected chi connectivity index (χ2v) is 4.38. The molecule has 5 heteroatoms. The van der Waals surface area contributed by atoms with Gasteiger partial charge in [-0.05, 0) is 31.0 Å². The van der Waals surface area contributed by atoms with Gasteiger partial charge in [0.25, 0.3) is 0 Å². The number of nitrogens with two attached hydrogens (primary N) is 1. The molecule has 0 saturated heterocycles. The first-order valence-corrected chi connectivity index (χ1v) is 5.86. The van der Waals surface area contributed by atoms with E-state index in [1.807, 2.05) is 13.8 Å². The average Bonchev–Trinajstić information content (AvgIpc) is 2.32. The first kappa shape index (κ1) is 13.9. The summed E-state index contributed by atoms with van der Waals surface area (Å²) in [5, 5.41) is 2.83. The fourth-order valence-corrected chi connectivity index (χ4v) is 1.58. The van der Waals surface area contributed by atoms with Gasteiger partial charge in [0, 0.05) is 5.02 Å². The molecule has 94 valence electrons. The maximum atomic E-state index is 13.4. The predicted octanol–water partition coefficient (Wildman–Crippen LogP) is 2.94. The van der Waals surface area contributed by atoms with Crippen LogP contribution in [0.5, 0.6) is 0 Å².